The van der Waals surface area contributed by atoms with E-state index in [9.17, 15) is 18.4 Å². The molecule has 2 nitrogen and oxygen atoms in total. The molecule has 0 aromatic carbocycles. The highest BCUT2D eigenvalue weighted by molar-refractivity contribution is 7.14. The number of ketones is 2. The van der Waals surface area contributed by atoms with Crippen LogP contribution in [0.15, 0.2) is 11.4 Å². The summed E-state index contributed by atoms with van der Waals surface area (Å²) in [7, 11) is 0. The highest BCUT2D eigenvalue weighted by Crippen LogP contribution is 2.21. The van der Waals surface area contributed by atoms with E-state index in [1.807, 2.05) is 0 Å². The summed E-state index contributed by atoms with van der Waals surface area (Å²) in [6.45, 7) is 0. The SMILES string of the molecule is O=C(CC(=O)C(F)F)c1csc(Cl)c1. The minimum atomic E-state index is -3.09. The van der Waals surface area contributed by atoms with E-state index < -0.39 is 24.4 Å². The van der Waals surface area contributed by atoms with E-state index in [4.69, 9.17) is 11.6 Å². The number of thiophene rings is 1. The molecular formula is C8H5ClF2O2S. The third-order valence-corrected chi connectivity index (χ3v) is 2.56. The summed E-state index contributed by atoms with van der Waals surface area (Å²) in [6, 6.07) is 1.35. The zero-order valence-corrected chi connectivity index (χ0v) is 8.37. The highest BCUT2D eigenvalue weighted by atomic mass is 35.5. The molecule has 6 heteroatoms. The van der Waals surface area contributed by atoms with Gasteiger partial charge in [0.2, 0.25) is 5.78 Å². The van der Waals surface area contributed by atoms with Gasteiger partial charge in [0.05, 0.1) is 10.8 Å². The van der Waals surface area contributed by atoms with Gasteiger partial charge < -0.3 is 0 Å². The molecule has 76 valence electrons. The van der Waals surface area contributed by atoms with E-state index in [1.165, 1.54) is 11.4 Å². The van der Waals surface area contributed by atoms with Gasteiger partial charge in [0, 0.05) is 10.9 Å². The van der Waals surface area contributed by atoms with Gasteiger partial charge in [-0.3, -0.25) is 9.59 Å². The zero-order valence-electron chi connectivity index (χ0n) is 6.80. The van der Waals surface area contributed by atoms with Crippen LogP contribution in [0.3, 0.4) is 0 Å². The lowest BCUT2D eigenvalue weighted by Gasteiger charge is -1.96. The number of hydrogen-bond donors (Lipinski definition) is 0. The average molecular weight is 239 g/mol. The first-order valence-corrected chi connectivity index (χ1v) is 4.84. The fraction of sp³-hybridized carbons (Fsp3) is 0.250. The normalized spacial score (nSPS) is 10.6. The molecule has 0 atom stereocenters. The Bertz CT molecular complexity index is 362. The second-order valence-electron chi connectivity index (χ2n) is 2.51. The minimum Gasteiger partial charge on any atom is -0.294 e. The maximum atomic E-state index is 11.8. The van der Waals surface area contributed by atoms with Crippen LogP contribution in [0.5, 0.6) is 0 Å². The summed E-state index contributed by atoms with van der Waals surface area (Å²) < 4.78 is 24.0. The Morgan fingerprint density at radius 1 is 1.50 bits per heavy atom. The van der Waals surface area contributed by atoms with E-state index in [-0.39, 0.29) is 5.56 Å². The summed E-state index contributed by atoms with van der Waals surface area (Å²) in [5.74, 6) is -1.99. The molecule has 1 aromatic rings. The predicted octanol–water partition coefficient (Wildman–Crippen LogP) is 2.81. The molecule has 0 fully saturated rings. The van der Waals surface area contributed by atoms with Crippen molar-refractivity contribution in [1.29, 1.82) is 0 Å². The van der Waals surface area contributed by atoms with Crippen molar-refractivity contribution in [3.8, 4) is 0 Å². The Balaban J connectivity index is 2.64. The number of carbonyl (C=O) groups is 2. The molecular weight excluding hydrogens is 234 g/mol. The van der Waals surface area contributed by atoms with E-state index >= 15 is 0 Å². The van der Waals surface area contributed by atoms with E-state index in [0.29, 0.717) is 4.34 Å². The number of carbonyl (C=O) groups excluding carboxylic acids is 2. The van der Waals surface area contributed by atoms with Crippen molar-refractivity contribution in [3.05, 3.63) is 21.3 Å². The summed E-state index contributed by atoms with van der Waals surface area (Å²) in [5.41, 5.74) is 0.203. The highest BCUT2D eigenvalue weighted by Gasteiger charge is 2.20. The first-order chi connectivity index (χ1) is 6.50. The summed E-state index contributed by atoms with van der Waals surface area (Å²) >= 11 is 6.65. The number of hydrogen-bond acceptors (Lipinski definition) is 3. The molecule has 0 bridgehead atoms. The van der Waals surface area contributed by atoms with Crippen LogP contribution in [0.4, 0.5) is 8.78 Å². The molecule has 1 rings (SSSR count). The zero-order chi connectivity index (χ0) is 10.7. The fourth-order valence-electron chi connectivity index (χ4n) is 0.794. The maximum absolute atomic E-state index is 11.8. The second kappa shape index (κ2) is 4.61. The first-order valence-electron chi connectivity index (χ1n) is 3.59. The predicted molar refractivity (Wildman–Crippen MR) is 49.3 cm³/mol. The molecule has 14 heavy (non-hydrogen) atoms. The lowest BCUT2D eigenvalue weighted by atomic mass is 10.1. The van der Waals surface area contributed by atoms with Crippen molar-refractivity contribution in [1.82, 2.24) is 0 Å². The van der Waals surface area contributed by atoms with Crippen LogP contribution in [-0.4, -0.2) is 18.0 Å². The van der Waals surface area contributed by atoms with E-state index in [2.05, 4.69) is 0 Å². The van der Waals surface area contributed by atoms with Crippen LogP contribution < -0.4 is 0 Å². The molecule has 1 aromatic heterocycles. The van der Waals surface area contributed by atoms with Crippen LogP contribution in [0.25, 0.3) is 0 Å². The quantitative estimate of drug-likeness (QED) is 0.597. The standard InChI is InChI=1S/C8H5ClF2O2S/c9-7-1-4(3-14-7)5(12)2-6(13)8(10)11/h1,3,8H,2H2. The van der Waals surface area contributed by atoms with Crippen molar-refractivity contribution in [2.45, 2.75) is 12.8 Å². The third-order valence-electron chi connectivity index (χ3n) is 1.47. The van der Waals surface area contributed by atoms with Crippen LogP contribution >= 0.6 is 22.9 Å². The number of Topliss-reactive ketones (excluding diaryl/α,β-unsaturated/α-hetero) is 2. The Morgan fingerprint density at radius 3 is 2.57 bits per heavy atom. The van der Waals surface area contributed by atoms with Crippen molar-refractivity contribution in [3.63, 3.8) is 0 Å². The molecule has 0 amide bonds. The van der Waals surface area contributed by atoms with Gasteiger partial charge in [-0.2, -0.15) is 0 Å². The Labute approximate surface area is 87.5 Å². The van der Waals surface area contributed by atoms with Gasteiger partial charge in [-0.1, -0.05) is 11.6 Å². The molecule has 1 heterocycles. The summed E-state index contributed by atoms with van der Waals surface area (Å²) in [5, 5.41) is 1.43. The Morgan fingerprint density at radius 2 is 2.14 bits per heavy atom. The van der Waals surface area contributed by atoms with Crippen molar-refractivity contribution in [2.24, 2.45) is 0 Å². The van der Waals surface area contributed by atoms with Gasteiger partial charge in [-0.25, -0.2) is 8.78 Å². The second-order valence-corrected chi connectivity index (χ2v) is 4.05. The molecule has 0 N–H and O–H groups in total. The fourth-order valence-corrected chi connectivity index (χ4v) is 1.68. The number of rotatable bonds is 4. The van der Waals surface area contributed by atoms with Crippen LogP contribution in [-0.2, 0) is 4.79 Å². The molecule has 0 spiro atoms. The van der Waals surface area contributed by atoms with Crippen LogP contribution in [0, 0.1) is 0 Å². The van der Waals surface area contributed by atoms with Crippen LogP contribution in [0.1, 0.15) is 16.8 Å². The van der Waals surface area contributed by atoms with E-state index in [1.54, 1.807) is 0 Å². The van der Waals surface area contributed by atoms with Crippen molar-refractivity contribution in [2.75, 3.05) is 0 Å². The summed E-state index contributed by atoms with van der Waals surface area (Å²) in [6.07, 6.45) is -3.86. The van der Waals surface area contributed by atoms with Gasteiger partial charge in [-0.15, -0.1) is 11.3 Å². The number of alkyl halides is 2. The molecule has 0 saturated heterocycles. The monoisotopic (exact) mass is 238 g/mol. The molecule has 0 unspecified atom stereocenters. The van der Waals surface area contributed by atoms with Crippen molar-refractivity contribution >= 4 is 34.5 Å². The van der Waals surface area contributed by atoms with E-state index in [0.717, 1.165) is 11.3 Å². The average Bonchev–Trinajstić information content (AvgIpc) is 2.51. The topological polar surface area (TPSA) is 34.1 Å². The molecule has 0 radical (unpaired) electrons. The van der Waals surface area contributed by atoms with Gasteiger partial charge >= 0.3 is 0 Å². The Kier molecular flexibility index (Phi) is 3.71. The molecule has 0 saturated carbocycles. The largest absolute Gasteiger partial charge is 0.296 e. The number of halogens is 3. The molecule has 0 aliphatic rings. The van der Waals surface area contributed by atoms with Gasteiger partial charge in [-0.05, 0) is 6.07 Å². The van der Waals surface area contributed by atoms with Crippen molar-refractivity contribution < 1.29 is 18.4 Å². The third kappa shape index (κ3) is 2.85. The van der Waals surface area contributed by atoms with Gasteiger partial charge in [0.25, 0.3) is 6.43 Å². The molecule has 0 aliphatic heterocycles. The maximum Gasteiger partial charge on any atom is 0.296 e. The first kappa shape index (κ1) is 11.3. The Hall–Kier alpha value is -0.810. The minimum absolute atomic E-state index is 0.203. The van der Waals surface area contributed by atoms with Gasteiger partial charge in [0.1, 0.15) is 0 Å². The smallest absolute Gasteiger partial charge is 0.294 e. The van der Waals surface area contributed by atoms with Gasteiger partial charge in [0.15, 0.2) is 5.78 Å². The summed E-state index contributed by atoms with van der Waals surface area (Å²) in [4.78, 5) is 21.7. The lowest BCUT2D eigenvalue weighted by molar-refractivity contribution is -0.128. The van der Waals surface area contributed by atoms with Crippen LogP contribution in [0.2, 0.25) is 4.34 Å². The molecule has 0 aliphatic carbocycles. The lowest BCUT2D eigenvalue weighted by Crippen LogP contribution is -2.14.